The predicted octanol–water partition coefficient (Wildman–Crippen LogP) is 3.28. The van der Waals surface area contributed by atoms with Gasteiger partial charge in [0.05, 0.1) is 6.54 Å². The molecule has 0 spiro atoms. The summed E-state index contributed by atoms with van der Waals surface area (Å²) in [5.74, 6) is 1.75. The lowest BCUT2D eigenvalue weighted by molar-refractivity contribution is -0.143. The third kappa shape index (κ3) is 4.62. The van der Waals surface area contributed by atoms with Crippen LogP contribution < -0.4 is 5.32 Å². The highest BCUT2D eigenvalue weighted by Gasteiger charge is 2.35. The second kappa shape index (κ2) is 6.65. The average molecular weight is 292 g/mol. The van der Waals surface area contributed by atoms with Gasteiger partial charge in [-0.15, -0.1) is 0 Å². The van der Waals surface area contributed by atoms with E-state index in [1.165, 1.54) is 19.3 Å². The van der Waals surface area contributed by atoms with E-state index in [0.717, 1.165) is 13.0 Å². The van der Waals surface area contributed by atoms with Crippen LogP contribution in [0.3, 0.4) is 0 Å². The molecule has 1 saturated heterocycles. The minimum atomic E-state index is -4.06. The molecule has 0 radical (unpaired) electrons. The Morgan fingerprint density at radius 3 is 2.35 bits per heavy atom. The lowest BCUT2D eigenvalue weighted by Crippen LogP contribution is -2.45. The molecule has 2 rings (SSSR count). The van der Waals surface area contributed by atoms with E-state index in [9.17, 15) is 13.2 Å². The van der Waals surface area contributed by atoms with Gasteiger partial charge in [0.25, 0.3) is 0 Å². The molecule has 0 aromatic heterocycles. The summed E-state index contributed by atoms with van der Waals surface area (Å²) in [6.45, 7) is 5.87. The van der Waals surface area contributed by atoms with Crippen LogP contribution in [0.25, 0.3) is 0 Å². The number of halogens is 3. The largest absolute Gasteiger partial charge is 0.401 e. The van der Waals surface area contributed by atoms with E-state index in [1.54, 1.807) is 4.90 Å². The molecule has 0 aromatic carbocycles. The number of alkyl halides is 3. The Kier molecular flexibility index (Phi) is 5.35. The highest BCUT2D eigenvalue weighted by Crippen LogP contribution is 2.29. The summed E-state index contributed by atoms with van der Waals surface area (Å²) in [4.78, 5) is 1.54. The van der Waals surface area contributed by atoms with Crippen molar-refractivity contribution in [2.75, 3.05) is 26.2 Å². The van der Waals surface area contributed by atoms with Gasteiger partial charge in [-0.3, -0.25) is 4.90 Å². The quantitative estimate of drug-likeness (QED) is 0.855. The van der Waals surface area contributed by atoms with Gasteiger partial charge in [0, 0.05) is 12.6 Å². The maximum absolute atomic E-state index is 12.4. The number of likely N-dealkylation sites (tertiary alicyclic amines) is 1. The zero-order valence-corrected chi connectivity index (χ0v) is 12.5. The van der Waals surface area contributed by atoms with Crippen molar-refractivity contribution in [3.8, 4) is 0 Å². The number of hydrogen-bond donors (Lipinski definition) is 1. The Bertz CT molecular complexity index is 296. The van der Waals surface area contributed by atoms with Crippen LogP contribution >= 0.6 is 0 Å². The maximum Gasteiger partial charge on any atom is 0.401 e. The maximum atomic E-state index is 12.4. The van der Waals surface area contributed by atoms with Gasteiger partial charge in [0.15, 0.2) is 0 Å². The summed E-state index contributed by atoms with van der Waals surface area (Å²) in [7, 11) is 0. The van der Waals surface area contributed by atoms with E-state index in [4.69, 9.17) is 0 Å². The highest BCUT2D eigenvalue weighted by molar-refractivity contribution is 4.86. The summed E-state index contributed by atoms with van der Waals surface area (Å²) < 4.78 is 37.1. The van der Waals surface area contributed by atoms with Crippen LogP contribution in [-0.2, 0) is 0 Å². The molecule has 118 valence electrons. The Hall–Kier alpha value is -0.290. The van der Waals surface area contributed by atoms with Crippen molar-refractivity contribution in [3.63, 3.8) is 0 Å². The molecule has 1 aliphatic heterocycles. The van der Waals surface area contributed by atoms with E-state index < -0.39 is 12.7 Å². The number of nitrogens with zero attached hydrogens (tertiary/aromatic N) is 1. The fourth-order valence-electron chi connectivity index (χ4n) is 3.86. The molecule has 5 heteroatoms. The summed E-state index contributed by atoms with van der Waals surface area (Å²) in [5.41, 5.74) is 0. The van der Waals surface area contributed by atoms with Crippen molar-refractivity contribution in [1.82, 2.24) is 10.2 Å². The Balaban J connectivity index is 1.72. The lowest BCUT2D eigenvalue weighted by atomic mass is 9.78. The van der Waals surface area contributed by atoms with Gasteiger partial charge in [-0.1, -0.05) is 20.3 Å². The van der Waals surface area contributed by atoms with Crippen LogP contribution in [0.15, 0.2) is 0 Å². The second-order valence-electron chi connectivity index (χ2n) is 6.82. The number of hydrogen-bond acceptors (Lipinski definition) is 2. The van der Waals surface area contributed by atoms with Crippen LogP contribution in [0.4, 0.5) is 13.2 Å². The molecular weight excluding hydrogens is 265 g/mol. The standard InChI is InChI=1S/C15H27F3N2/c1-11-4-3-5-12(2)14(11)19-8-13-6-7-20(9-13)10-15(16,17)18/h11-14,19H,3-10H2,1-2H3. The molecule has 20 heavy (non-hydrogen) atoms. The summed E-state index contributed by atoms with van der Waals surface area (Å²) in [6, 6.07) is 0.542. The summed E-state index contributed by atoms with van der Waals surface area (Å²) in [5, 5.41) is 3.64. The zero-order chi connectivity index (χ0) is 14.8. The zero-order valence-electron chi connectivity index (χ0n) is 12.5. The van der Waals surface area contributed by atoms with Crippen LogP contribution in [0.2, 0.25) is 0 Å². The fraction of sp³-hybridized carbons (Fsp3) is 1.00. The van der Waals surface area contributed by atoms with E-state index in [2.05, 4.69) is 19.2 Å². The molecule has 0 amide bonds. The first-order valence-corrected chi connectivity index (χ1v) is 7.87. The average Bonchev–Trinajstić information content (AvgIpc) is 2.73. The normalized spacial score (nSPS) is 36.5. The first-order chi connectivity index (χ1) is 9.35. The Morgan fingerprint density at radius 2 is 1.75 bits per heavy atom. The van der Waals surface area contributed by atoms with Crippen LogP contribution in [0.1, 0.15) is 39.5 Å². The monoisotopic (exact) mass is 292 g/mol. The molecule has 0 bridgehead atoms. The second-order valence-corrected chi connectivity index (χ2v) is 6.82. The molecule has 3 atom stereocenters. The van der Waals surface area contributed by atoms with Crippen molar-refractivity contribution in [1.29, 1.82) is 0 Å². The van der Waals surface area contributed by atoms with Crippen molar-refractivity contribution in [3.05, 3.63) is 0 Å². The molecule has 3 unspecified atom stereocenters. The Morgan fingerprint density at radius 1 is 1.10 bits per heavy atom. The molecule has 1 saturated carbocycles. The SMILES string of the molecule is CC1CCCC(C)C1NCC1CCN(CC(F)(F)F)C1. The number of nitrogens with one attached hydrogen (secondary N) is 1. The molecule has 1 aliphatic carbocycles. The Labute approximate surface area is 120 Å². The van der Waals surface area contributed by atoms with E-state index in [0.29, 0.717) is 36.9 Å². The van der Waals surface area contributed by atoms with Crippen LogP contribution in [0, 0.1) is 17.8 Å². The first kappa shape index (κ1) is 16.1. The number of rotatable bonds is 4. The smallest absolute Gasteiger partial charge is 0.313 e. The van der Waals surface area contributed by atoms with Crippen LogP contribution in [0.5, 0.6) is 0 Å². The van der Waals surface area contributed by atoms with Crippen molar-refractivity contribution in [2.24, 2.45) is 17.8 Å². The van der Waals surface area contributed by atoms with E-state index in [1.807, 2.05) is 0 Å². The molecule has 2 fully saturated rings. The molecule has 1 N–H and O–H groups in total. The highest BCUT2D eigenvalue weighted by atomic mass is 19.4. The van der Waals surface area contributed by atoms with Crippen molar-refractivity contribution < 1.29 is 13.2 Å². The van der Waals surface area contributed by atoms with Crippen molar-refractivity contribution >= 4 is 0 Å². The summed E-state index contributed by atoms with van der Waals surface area (Å²) >= 11 is 0. The van der Waals surface area contributed by atoms with Gasteiger partial charge < -0.3 is 5.32 Å². The van der Waals surface area contributed by atoms with Gasteiger partial charge in [-0.05, 0) is 50.1 Å². The van der Waals surface area contributed by atoms with Crippen LogP contribution in [-0.4, -0.2) is 43.3 Å². The van der Waals surface area contributed by atoms with Gasteiger partial charge in [-0.25, -0.2) is 0 Å². The minimum absolute atomic E-state index is 0.374. The molecule has 2 nitrogen and oxygen atoms in total. The first-order valence-electron chi connectivity index (χ1n) is 7.87. The third-order valence-corrected chi connectivity index (χ3v) is 4.96. The predicted molar refractivity (Wildman–Crippen MR) is 74.6 cm³/mol. The fourth-order valence-corrected chi connectivity index (χ4v) is 3.86. The molecule has 1 heterocycles. The van der Waals surface area contributed by atoms with Gasteiger partial charge >= 0.3 is 6.18 Å². The van der Waals surface area contributed by atoms with Gasteiger partial charge in [0.2, 0.25) is 0 Å². The topological polar surface area (TPSA) is 15.3 Å². The molecular formula is C15H27F3N2. The molecule has 0 aromatic rings. The lowest BCUT2D eigenvalue weighted by Gasteiger charge is -2.36. The summed E-state index contributed by atoms with van der Waals surface area (Å²) in [6.07, 6.45) is 0.677. The van der Waals surface area contributed by atoms with E-state index >= 15 is 0 Å². The van der Waals surface area contributed by atoms with Gasteiger partial charge in [0.1, 0.15) is 0 Å². The van der Waals surface area contributed by atoms with Crippen molar-refractivity contribution in [2.45, 2.75) is 51.7 Å². The van der Waals surface area contributed by atoms with E-state index in [-0.39, 0.29) is 0 Å². The van der Waals surface area contributed by atoms with Gasteiger partial charge in [-0.2, -0.15) is 13.2 Å². The third-order valence-electron chi connectivity index (χ3n) is 4.96. The minimum Gasteiger partial charge on any atom is -0.313 e. The molecule has 2 aliphatic rings.